The molecule has 7 heteroatoms. The van der Waals surface area contributed by atoms with Crippen molar-refractivity contribution >= 4 is 21.4 Å². The number of nitrogen functional groups attached to an aromatic ring is 1. The minimum Gasteiger partial charge on any atom is -0.398 e. The Hall–Kier alpha value is -1.31. The summed E-state index contributed by atoms with van der Waals surface area (Å²) in [7, 11) is -2.17. The van der Waals surface area contributed by atoms with Crippen LogP contribution in [0.4, 0.5) is 11.4 Å². The van der Waals surface area contributed by atoms with Crippen LogP contribution >= 0.6 is 0 Å². The summed E-state index contributed by atoms with van der Waals surface area (Å²) in [6, 6.07) is 4.95. The Morgan fingerprint density at radius 2 is 2.15 bits per heavy atom. The van der Waals surface area contributed by atoms with Gasteiger partial charge in [0.2, 0.25) is 10.0 Å². The van der Waals surface area contributed by atoms with Crippen molar-refractivity contribution < 1.29 is 13.5 Å². The Bertz CT molecular complexity index is 589. The summed E-state index contributed by atoms with van der Waals surface area (Å²) in [5.74, 6) is 0.186. The average Bonchev–Trinajstić information content (AvgIpc) is 2.41. The van der Waals surface area contributed by atoms with Crippen molar-refractivity contribution in [3.8, 4) is 0 Å². The van der Waals surface area contributed by atoms with E-state index in [9.17, 15) is 13.5 Å². The quantitative estimate of drug-likeness (QED) is 0.702. The first kappa shape index (κ1) is 15.1. The summed E-state index contributed by atoms with van der Waals surface area (Å²) >= 11 is 0. The number of aliphatic hydroxyl groups is 1. The molecule has 6 nitrogen and oxygen atoms in total. The predicted molar refractivity (Wildman–Crippen MR) is 79.1 cm³/mol. The van der Waals surface area contributed by atoms with Gasteiger partial charge in [-0.15, -0.1) is 0 Å². The second kappa shape index (κ2) is 5.59. The molecular weight excluding hydrogens is 278 g/mol. The molecule has 20 heavy (non-hydrogen) atoms. The van der Waals surface area contributed by atoms with E-state index in [1.165, 1.54) is 13.1 Å². The number of nitrogens with one attached hydrogen (secondary N) is 1. The molecule has 2 atom stereocenters. The van der Waals surface area contributed by atoms with Crippen LogP contribution < -0.4 is 15.4 Å². The zero-order chi connectivity index (χ0) is 14.9. The molecule has 1 fully saturated rings. The Morgan fingerprint density at radius 1 is 1.45 bits per heavy atom. The largest absolute Gasteiger partial charge is 0.398 e. The number of nitrogens with two attached hydrogens (primary N) is 1. The fraction of sp³-hybridized carbons (Fsp3) is 0.538. The maximum Gasteiger partial charge on any atom is 0.242 e. The van der Waals surface area contributed by atoms with Crippen LogP contribution in [0, 0.1) is 5.92 Å². The van der Waals surface area contributed by atoms with Crippen LogP contribution in [0.3, 0.4) is 0 Å². The van der Waals surface area contributed by atoms with Crippen LogP contribution in [0.25, 0.3) is 0 Å². The fourth-order valence-electron chi connectivity index (χ4n) is 2.45. The highest BCUT2D eigenvalue weighted by Crippen LogP contribution is 2.28. The van der Waals surface area contributed by atoms with Crippen LogP contribution in [0.1, 0.15) is 13.3 Å². The zero-order valence-electron chi connectivity index (χ0n) is 11.7. The molecule has 0 bridgehead atoms. The summed E-state index contributed by atoms with van der Waals surface area (Å²) in [4.78, 5) is 2.21. The molecule has 4 N–H and O–H groups in total. The topological polar surface area (TPSA) is 95.7 Å². The summed E-state index contributed by atoms with van der Waals surface area (Å²) in [5, 5.41) is 9.74. The van der Waals surface area contributed by atoms with Crippen LogP contribution in [0.2, 0.25) is 0 Å². The Kier molecular flexibility index (Phi) is 4.22. The number of nitrogens with zero attached hydrogens (tertiary/aromatic N) is 1. The number of piperidine rings is 1. The van der Waals surface area contributed by atoms with Gasteiger partial charge in [-0.2, -0.15) is 0 Å². The van der Waals surface area contributed by atoms with E-state index in [0.717, 1.165) is 18.8 Å². The van der Waals surface area contributed by atoms with Crippen LogP contribution in [-0.4, -0.2) is 39.8 Å². The second-order valence-corrected chi connectivity index (χ2v) is 7.06. The molecule has 1 heterocycles. The fourth-order valence-corrected chi connectivity index (χ4v) is 3.29. The lowest BCUT2D eigenvalue weighted by Crippen LogP contribution is -2.42. The highest BCUT2D eigenvalue weighted by Gasteiger charge is 2.25. The van der Waals surface area contributed by atoms with Gasteiger partial charge in [-0.1, -0.05) is 6.92 Å². The maximum absolute atomic E-state index is 11.8. The minimum absolute atomic E-state index is 0.0915. The Morgan fingerprint density at radius 3 is 2.70 bits per heavy atom. The van der Waals surface area contributed by atoms with Gasteiger partial charge in [0.25, 0.3) is 0 Å². The lowest BCUT2D eigenvalue weighted by Gasteiger charge is -2.36. The van der Waals surface area contributed by atoms with Gasteiger partial charge in [-0.3, -0.25) is 0 Å². The Balaban J connectivity index is 2.26. The lowest BCUT2D eigenvalue weighted by atomic mass is 9.96. The smallest absolute Gasteiger partial charge is 0.242 e. The highest BCUT2D eigenvalue weighted by atomic mass is 32.2. The van der Waals surface area contributed by atoms with Crippen LogP contribution in [0.15, 0.2) is 23.1 Å². The van der Waals surface area contributed by atoms with Crippen molar-refractivity contribution in [1.82, 2.24) is 4.72 Å². The molecule has 2 unspecified atom stereocenters. The molecular formula is C13H21N3O3S. The molecule has 0 aromatic heterocycles. The molecule has 0 aliphatic carbocycles. The standard InChI is InChI=1S/C13H21N3O3S/c1-9-8-16(6-5-12(9)17)10-3-4-13(11(14)7-10)20(18,19)15-2/h3-4,7,9,12,15,17H,5-6,8,14H2,1-2H3. The molecule has 112 valence electrons. The van der Waals surface area contributed by atoms with Gasteiger partial charge in [0.1, 0.15) is 4.90 Å². The van der Waals surface area contributed by atoms with E-state index in [1.807, 2.05) is 6.92 Å². The first-order valence-electron chi connectivity index (χ1n) is 6.61. The minimum atomic E-state index is -3.53. The van der Waals surface area contributed by atoms with Crippen molar-refractivity contribution in [1.29, 1.82) is 0 Å². The summed E-state index contributed by atoms with van der Waals surface area (Å²) in [6.07, 6.45) is 0.435. The summed E-state index contributed by atoms with van der Waals surface area (Å²) in [5.41, 5.74) is 6.97. The predicted octanol–water partition coefficient (Wildman–Crippen LogP) is 0.384. The molecule has 1 aliphatic heterocycles. The van der Waals surface area contributed by atoms with Crippen molar-refractivity contribution in [3.05, 3.63) is 18.2 Å². The molecule has 0 amide bonds. The molecule has 1 aromatic rings. The van der Waals surface area contributed by atoms with Gasteiger partial charge in [-0.05, 0) is 37.6 Å². The van der Waals surface area contributed by atoms with E-state index in [1.54, 1.807) is 12.1 Å². The van der Waals surface area contributed by atoms with Gasteiger partial charge >= 0.3 is 0 Å². The van der Waals surface area contributed by atoms with E-state index in [0.29, 0.717) is 6.42 Å². The third kappa shape index (κ3) is 2.89. The molecule has 2 rings (SSSR count). The molecule has 0 saturated carbocycles. The zero-order valence-corrected chi connectivity index (χ0v) is 12.5. The number of rotatable bonds is 3. The third-order valence-electron chi connectivity index (χ3n) is 3.78. The van der Waals surface area contributed by atoms with Crippen LogP contribution in [-0.2, 0) is 10.0 Å². The van der Waals surface area contributed by atoms with Gasteiger partial charge in [-0.25, -0.2) is 13.1 Å². The van der Waals surface area contributed by atoms with Gasteiger partial charge < -0.3 is 15.7 Å². The van der Waals surface area contributed by atoms with E-state index >= 15 is 0 Å². The number of anilines is 2. The highest BCUT2D eigenvalue weighted by molar-refractivity contribution is 7.89. The molecule has 0 radical (unpaired) electrons. The monoisotopic (exact) mass is 299 g/mol. The molecule has 0 spiro atoms. The van der Waals surface area contributed by atoms with Crippen molar-refractivity contribution in [3.63, 3.8) is 0 Å². The molecule has 1 aromatic carbocycles. The van der Waals surface area contributed by atoms with Crippen LogP contribution in [0.5, 0.6) is 0 Å². The number of aliphatic hydroxyl groups excluding tert-OH is 1. The van der Waals surface area contributed by atoms with E-state index in [2.05, 4.69) is 9.62 Å². The normalized spacial score (nSPS) is 23.9. The second-order valence-electron chi connectivity index (χ2n) is 5.21. The average molecular weight is 299 g/mol. The van der Waals surface area contributed by atoms with E-state index in [4.69, 9.17) is 5.73 Å². The van der Waals surface area contributed by atoms with Gasteiger partial charge in [0, 0.05) is 18.8 Å². The van der Waals surface area contributed by atoms with Crippen molar-refractivity contribution in [2.24, 2.45) is 5.92 Å². The number of hydrogen-bond acceptors (Lipinski definition) is 5. The van der Waals surface area contributed by atoms with E-state index in [-0.39, 0.29) is 22.6 Å². The molecule has 1 aliphatic rings. The van der Waals surface area contributed by atoms with Gasteiger partial charge in [0.15, 0.2) is 0 Å². The SMILES string of the molecule is CNS(=O)(=O)c1ccc(N2CCC(O)C(C)C2)cc1N. The maximum atomic E-state index is 11.8. The third-order valence-corrected chi connectivity index (χ3v) is 5.27. The summed E-state index contributed by atoms with van der Waals surface area (Å²) in [6.45, 7) is 3.47. The molecule has 1 saturated heterocycles. The first-order valence-corrected chi connectivity index (χ1v) is 8.09. The lowest BCUT2D eigenvalue weighted by molar-refractivity contribution is 0.0971. The number of hydrogen-bond donors (Lipinski definition) is 3. The van der Waals surface area contributed by atoms with Gasteiger partial charge in [0.05, 0.1) is 11.8 Å². The number of benzene rings is 1. The number of sulfonamides is 1. The van der Waals surface area contributed by atoms with Crippen molar-refractivity contribution in [2.75, 3.05) is 30.8 Å². The van der Waals surface area contributed by atoms with E-state index < -0.39 is 10.0 Å². The van der Waals surface area contributed by atoms with Crippen molar-refractivity contribution in [2.45, 2.75) is 24.3 Å². The summed E-state index contributed by atoms with van der Waals surface area (Å²) < 4.78 is 25.8. The Labute approximate surface area is 119 Å². The first-order chi connectivity index (χ1) is 9.35.